The summed E-state index contributed by atoms with van der Waals surface area (Å²) in [5.41, 5.74) is -0.0885. The molecule has 4 heteroatoms. The number of epoxide rings is 1. The van der Waals surface area contributed by atoms with E-state index in [9.17, 15) is 4.79 Å². The molecule has 3 rings (SSSR count). The zero-order valence-electron chi connectivity index (χ0n) is 6.69. The molecule has 66 valence electrons. The first-order valence-corrected chi connectivity index (χ1v) is 4.40. The van der Waals surface area contributed by atoms with Crippen LogP contribution in [-0.4, -0.2) is 40.4 Å². The lowest BCUT2D eigenvalue weighted by molar-refractivity contribution is 0.102. The van der Waals surface area contributed by atoms with Crippen LogP contribution in [0.2, 0.25) is 0 Å². The van der Waals surface area contributed by atoms with Gasteiger partial charge in [-0.2, -0.15) is 0 Å². The number of carbonyl (C=O) groups is 1. The number of nitrogens with zero attached hydrogens (tertiary/aromatic N) is 1. The molecule has 2 saturated heterocycles. The third-order valence-electron chi connectivity index (χ3n) is 3.28. The van der Waals surface area contributed by atoms with E-state index in [0.29, 0.717) is 12.6 Å². The Balaban J connectivity index is 1.88. The van der Waals surface area contributed by atoms with Crippen LogP contribution in [0.1, 0.15) is 19.3 Å². The zero-order chi connectivity index (χ0) is 8.34. The van der Waals surface area contributed by atoms with Gasteiger partial charge in [0.2, 0.25) is 0 Å². The first kappa shape index (κ1) is 6.71. The third-order valence-corrected chi connectivity index (χ3v) is 3.28. The van der Waals surface area contributed by atoms with E-state index in [0.717, 1.165) is 19.3 Å². The first-order chi connectivity index (χ1) is 5.74. The quantitative estimate of drug-likeness (QED) is 0.542. The molecule has 0 aromatic carbocycles. The van der Waals surface area contributed by atoms with Gasteiger partial charge in [0.1, 0.15) is 6.10 Å². The number of hydrogen-bond donors (Lipinski definition) is 1. The van der Waals surface area contributed by atoms with Crippen molar-refractivity contribution in [1.82, 2.24) is 4.90 Å². The molecule has 2 atom stereocenters. The Kier molecular flexibility index (Phi) is 0.987. The fourth-order valence-electron chi connectivity index (χ4n) is 2.44. The van der Waals surface area contributed by atoms with E-state index in [4.69, 9.17) is 9.84 Å². The molecule has 1 spiro atoms. The molecule has 1 aliphatic carbocycles. The number of rotatable bonds is 0. The van der Waals surface area contributed by atoms with Crippen molar-refractivity contribution in [2.45, 2.75) is 37.0 Å². The summed E-state index contributed by atoms with van der Waals surface area (Å²) in [4.78, 5) is 12.4. The van der Waals surface area contributed by atoms with Crippen molar-refractivity contribution < 1.29 is 14.6 Å². The van der Waals surface area contributed by atoms with Gasteiger partial charge in [-0.3, -0.25) is 4.90 Å². The van der Waals surface area contributed by atoms with Crippen molar-refractivity contribution in [3.8, 4) is 0 Å². The van der Waals surface area contributed by atoms with E-state index in [-0.39, 0.29) is 11.6 Å². The fourth-order valence-corrected chi connectivity index (χ4v) is 2.44. The molecule has 2 unspecified atom stereocenters. The Morgan fingerprint density at radius 1 is 1.58 bits per heavy atom. The molecule has 2 heterocycles. The molecule has 4 nitrogen and oxygen atoms in total. The Labute approximate surface area is 70.1 Å². The van der Waals surface area contributed by atoms with E-state index in [1.54, 1.807) is 4.90 Å². The van der Waals surface area contributed by atoms with Crippen LogP contribution in [0.4, 0.5) is 4.79 Å². The van der Waals surface area contributed by atoms with Crippen LogP contribution in [-0.2, 0) is 4.74 Å². The van der Waals surface area contributed by atoms with Gasteiger partial charge in [-0.1, -0.05) is 0 Å². The van der Waals surface area contributed by atoms with Crippen molar-refractivity contribution in [2.24, 2.45) is 0 Å². The van der Waals surface area contributed by atoms with Crippen molar-refractivity contribution in [3.05, 3.63) is 0 Å². The minimum absolute atomic E-state index is 0.0885. The summed E-state index contributed by atoms with van der Waals surface area (Å²) in [5, 5.41) is 8.92. The van der Waals surface area contributed by atoms with Gasteiger partial charge in [-0.05, 0) is 19.3 Å². The van der Waals surface area contributed by atoms with E-state index >= 15 is 0 Å². The van der Waals surface area contributed by atoms with Gasteiger partial charge in [0, 0.05) is 6.54 Å². The number of piperidine rings is 1. The summed E-state index contributed by atoms with van der Waals surface area (Å²) in [7, 11) is 0. The monoisotopic (exact) mass is 169 g/mol. The van der Waals surface area contributed by atoms with E-state index < -0.39 is 6.09 Å². The largest absolute Gasteiger partial charge is 0.465 e. The highest BCUT2D eigenvalue weighted by molar-refractivity contribution is 5.67. The molecule has 0 bridgehead atoms. The molecule has 3 aliphatic rings. The smallest absolute Gasteiger partial charge is 0.407 e. The minimum Gasteiger partial charge on any atom is -0.465 e. The molecule has 0 aromatic heterocycles. The molecule has 0 radical (unpaired) electrons. The number of hydrogen-bond acceptors (Lipinski definition) is 2. The summed E-state index contributed by atoms with van der Waals surface area (Å²) in [6.45, 7) is 0.663. The summed E-state index contributed by atoms with van der Waals surface area (Å²) >= 11 is 0. The SMILES string of the molecule is O=C(O)N1CCC2OC2C12CC2. The van der Waals surface area contributed by atoms with Gasteiger partial charge in [-0.15, -0.1) is 0 Å². The van der Waals surface area contributed by atoms with Crippen LogP contribution in [0.25, 0.3) is 0 Å². The predicted molar refractivity (Wildman–Crippen MR) is 40.0 cm³/mol. The Morgan fingerprint density at radius 2 is 2.33 bits per heavy atom. The first-order valence-electron chi connectivity index (χ1n) is 4.40. The molecule has 2 aliphatic heterocycles. The fraction of sp³-hybridized carbons (Fsp3) is 0.875. The second-order valence-corrected chi connectivity index (χ2v) is 3.92. The summed E-state index contributed by atoms with van der Waals surface area (Å²) in [6, 6.07) is 0. The molecular weight excluding hydrogens is 158 g/mol. The predicted octanol–water partition coefficient (Wildman–Crippen LogP) is 0.670. The Bertz CT molecular complexity index is 249. The normalized spacial score (nSPS) is 40.8. The maximum Gasteiger partial charge on any atom is 0.407 e. The van der Waals surface area contributed by atoms with Gasteiger partial charge in [0.15, 0.2) is 0 Å². The Morgan fingerprint density at radius 3 is 2.92 bits per heavy atom. The van der Waals surface area contributed by atoms with Gasteiger partial charge < -0.3 is 9.84 Å². The van der Waals surface area contributed by atoms with Crippen LogP contribution in [0.5, 0.6) is 0 Å². The maximum atomic E-state index is 10.8. The zero-order valence-corrected chi connectivity index (χ0v) is 6.69. The van der Waals surface area contributed by atoms with E-state index in [1.165, 1.54) is 0 Å². The minimum atomic E-state index is -0.776. The molecule has 1 saturated carbocycles. The standard InChI is InChI=1S/C8H11NO3/c10-7(11)9-4-1-5-6(12-5)8(9)2-3-8/h5-6H,1-4H2,(H,10,11). The lowest BCUT2D eigenvalue weighted by atomic mass is 10.0. The second-order valence-electron chi connectivity index (χ2n) is 3.92. The lowest BCUT2D eigenvalue weighted by Crippen LogP contribution is -2.49. The second kappa shape index (κ2) is 1.76. The highest BCUT2D eigenvalue weighted by atomic mass is 16.6. The lowest BCUT2D eigenvalue weighted by Gasteiger charge is -2.31. The number of likely N-dealkylation sites (tertiary alicyclic amines) is 1. The van der Waals surface area contributed by atoms with Crippen LogP contribution in [0.3, 0.4) is 0 Å². The number of amides is 1. The van der Waals surface area contributed by atoms with Gasteiger partial charge in [-0.25, -0.2) is 4.79 Å². The number of carboxylic acid groups (broad SMARTS) is 1. The number of ether oxygens (including phenoxy) is 1. The van der Waals surface area contributed by atoms with Crippen LogP contribution in [0, 0.1) is 0 Å². The van der Waals surface area contributed by atoms with Gasteiger partial charge in [0.05, 0.1) is 11.6 Å². The third kappa shape index (κ3) is 0.641. The topological polar surface area (TPSA) is 53.1 Å². The average Bonchev–Trinajstić information content (AvgIpc) is 2.80. The van der Waals surface area contributed by atoms with Crippen LogP contribution in [0.15, 0.2) is 0 Å². The molecule has 0 aromatic rings. The van der Waals surface area contributed by atoms with E-state index in [1.807, 2.05) is 0 Å². The summed E-state index contributed by atoms with van der Waals surface area (Å²) in [5.74, 6) is 0. The molecule has 1 amide bonds. The maximum absolute atomic E-state index is 10.8. The van der Waals surface area contributed by atoms with E-state index in [2.05, 4.69) is 0 Å². The summed E-state index contributed by atoms with van der Waals surface area (Å²) in [6.07, 6.45) is 2.73. The molecular formula is C8H11NO3. The van der Waals surface area contributed by atoms with Crippen molar-refractivity contribution in [2.75, 3.05) is 6.54 Å². The Hall–Kier alpha value is -0.770. The van der Waals surface area contributed by atoms with Gasteiger partial charge in [0.25, 0.3) is 0 Å². The highest BCUT2D eigenvalue weighted by Crippen LogP contribution is 2.56. The van der Waals surface area contributed by atoms with Crippen molar-refractivity contribution >= 4 is 6.09 Å². The molecule has 12 heavy (non-hydrogen) atoms. The average molecular weight is 169 g/mol. The highest BCUT2D eigenvalue weighted by Gasteiger charge is 2.68. The summed E-state index contributed by atoms with van der Waals surface area (Å²) < 4.78 is 5.43. The van der Waals surface area contributed by atoms with Crippen molar-refractivity contribution in [3.63, 3.8) is 0 Å². The number of fused-ring (bicyclic) bond motifs is 2. The van der Waals surface area contributed by atoms with Crippen LogP contribution >= 0.6 is 0 Å². The molecule has 3 fully saturated rings. The van der Waals surface area contributed by atoms with Crippen LogP contribution < -0.4 is 0 Å². The molecule has 1 N–H and O–H groups in total. The van der Waals surface area contributed by atoms with Crippen molar-refractivity contribution in [1.29, 1.82) is 0 Å². The van der Waals surface area contributed by atoms with Gasteiger partial charge >= 0.3 is 6.09 Å².